The first-order chi connectivity index (χ1) is 12.0. The number of ether oxygens (including phenoxy) is 1. The Morgan fingerprint density at radius 1 is 1.36 bits per heavy atom. The summed E-state index contributed by atoms with van der Waals surface area (Å²) in [5, 5.41) is 6.84. The van der Waals surface area contributed by atoms with Gasteiger partial charge in [0.25, 0.3) is 0 Å². The van der Waals surface area contributed by atoms with E-state index in [1.807, 2.05) is 18.2 Å². The summed E-state index contributed by atoms with van der Waals surface area (Å²) in [5.74, 6) is 1.10. The molecule has 1 aromatic heterocycles. The number of nitrogens with one attached hydrogen (secondary N) is 1. The third-order valence-corrected chi connectivity index (χ3v) is 5.96. The second kappa shape index (κ2) is 6.31. The molecule has 2 aliphatic heterocycles. The van der Waals surface area contributed by atoms with Gasteiger partial charge in [-0.3, -0.25) is 10.00 Å². The van der Waals surface area contributed by atoms with Gasteiger partial charge in [-0.2, -0.15) is 5.10 Å². The predicted octanol–water partition coefficient (Wildman–Crippen LogP) is 2.08. The number of aromatic amines is 1. The summed E-state index contributed by atoms with van der Waals surface area (Å²) in [6.07, 6.45) is 5.77. The number of hydrogen-bond acceptors (Lipinski definition) is 5. The second-order valence-corrected chi connectivity index (χ2v) is 8.75. The van der Waals surface area contributed by atoms with E-state index in [0.717, 1.165) is 43.1 Å². The Bertz CT molecular complexity index is 917. The quantitative estimate of drug-likeness (QED) is 0.905. The minimum absolute atomic E-state index is 0.171. The molecular weight excluding hydrogens is 338 g/mol. The van der Waals surface area contributed by atoms with Gasteiger partial charge in [-0.25, -0.2) is 8.42 Å². The molecule has 25 heavy (non-hydrogen) atoms. The number of para-hydroxylation sites is 1. The first-order valence-electron chi connectivity index (χ1n) is 8.37. The molecule has 1 aromatic carbocycles. The number of likely N-dealkylation sites (tertiary alicyclic amines) is 1. The third-order valence-electron chi connectivity index (χ3n) is 4.83. The van der Waals surface area contributed by atoms with Crippen LogP contribution in [-0.4, -0.2) is 56.0 Å². The zero-order chi connectivity index (χ0) is 17.4. The number of fused-ring (bicyclic) bond motifs is 1. The molecule has 2 aromatic rings. The van der Waals surface area contributed by atoms with E-state index in [2.05, 4.69) is 27.2 Å². The molecule has 1 atom stereocenters. The van der Waals surface area contributed by atoms with Crippen LogP contribution in [0.25, 0.3) is 6.08 Å². The van der Waals surface area contributed by atoms with E-state index in [9.17, 15) is 8.42 Å². The van der Waals surface area contributed by atoms with E-state index < -0.39 is 9.84 Å². The lowest BCUT2D eigenvalue weighted by Crippen LogP contribution is -2.26. The van der Waals surface area contributed by atoms with Crippen LogP contribution in [0.4, 0.5) is 0 Å². The van der Waals surface area contributed by atoms with Crippen LogP contribution in [0.3, 0.4) is 0 Å². The summed E-state index contributed by atoms with van der Waals surface area (Å²) in [5.41, 5.74) is 3.10. The van der Waals surface area contributed by atoms with Crippen molar-refractivity contribution in [3.05, 3.63) is 47.3 Å². The number of H-pyrrole nitrogens is 1. The van der Waals surface area contributed by atoms with Crippen molar-refractivity contribution in [2.24, 2.45) is 0 Å². The van der Waals surface area contributed by atoms with Gasteiger partial charge in [0.2, 0.25) is 0 Å². The fraction of sp³-hybridized carbons (Fsp3) is 0.389. The van der Waals surface area contributed by atoms with Crippen molar-refractivity contribution in [1.29, 1.82) is 0 Å². The van der Waals surface area contributed by atoms with Crippen LogP contribution in [0.15, 0.2) is 40.9 Å². The van der Waals surface area contributed by atoms with Gasteiger partial charge in [0, 0.05) is 30.8 Å². The second-order valence-electron chi connectivity index (χ2n) is 6.77. The standard InChI is InChI=1S/C18H21N3O3S/c1-25(22,23)17-9-19-20-18(17)15-6-7-21(11-15)10-13-8-14-4-2-3-5-16(14)24-12-13/h2-5,8-9,15H,6-7,10-12H2,1H3,(H,19,20)/t15-/m0/s1. The highest BCUT2D eigenvalue weighted by atomic mass is 32.2. The minimum atomic E-state index is -3.25. The molecule has 0 radical (unpaired) electrons. The van der Waals surface area contributed by atoms with Crippen molar-refractivity contribution in [3.8, 4) is 5.75 Å². The monoisotopic (exact) mass is 359 g/mol. The Labute approximate surface area is 147 Å². The molecule has 2 aliphatic rings. The van der Waals surface area contributed by atoms with E-state index in [-0.39, 0.29) is 5.92 Å². The van der Waals surface area contributed by atoms with Gasteiger partial charge in [0.05, 0.1) is 11.9 Å². The number of benzene rings is 1. The van der Waals surface area contributed by atoms with Crippen LogP contribution in [0.2, 0.25) is 0 Å². The third kappa shape index (κ3) is 3.34. The van der Waals surface area contributed by atoms with Gasteiger partial charge >= 0.3 is 0 Å². The van der Waals surface area contributed by atoms with E-state index in [1.165, 1.54) is 18.0 Å². The molecule has 1 saturated heterocycles. The lowest BCUT2D eigenvalue weighted by Gasteiger charge is -2.22. The average molecular weight is 359 g/mol. The van der Waals surface area contributed by atoms with E-state index in [1.54, 1.807) is 0 Å². The van der Waals surface area contributed by atoms with Crippen molar-refractivity contribution in [2.45, 2.75) is 17.2 Å². The van der Waals surface area contributed by atoms with Gasteiger partial charge in [0.15, 0.2) is 9.84 Å². The summed E-state index contributed by atoms with van der Waals surface area (Å²) in [6, 6.07) is 8.04. The zero-order valence-corrected chi connectivity index (χ0v) is 14.9. The van der Waals surface area contributed by atoms with Crippen LogP contribution in [-0.2, 0) is 9.84 Å². The first-order valence-corrected chi connectivity index (χ1v) is 10.3. The maximum Gasteiger partial charge on any atom is 0.178 e. The number of nitrogens with zero attached hydrogens (tertiary/aromatic N) is 2. The predicted molar refractivity (Wildman–Crippen MR) is 95.4 cm³/mol. The molecule has 0 aliphatic carbocycles. The van der Waals surface area contributed by atoms with Crippen LogP contribution in [0.1, 0.15) is 23.6 Å². The highest BCUT2D eigenvalue weighted by Crippen LogP contribution is 2.31. The van der Waals surface area contributed by atoms with E-state index >= 15 is 0 Å². The fourth-order valence-electron chi connectivity index (χ4n) is 3.63. The van der Waals surface area contributed by atoms with Gasteiger partial charge in [-0.15, -0.1) is 0 Å². The molecule has 4 rings (SSSR count). The fourth-order valence-corrected chi connectivity index (χ4v) is 4.48. The van der Waals surface area contributed by atoms with Crippen molar-refractivity contribution in [3.63, 3.8) is 0 Å². The highest BCUT2D eigenvalue weighted by molar-refractivity contribution is 7.90. The Morgan fingerprint density at radius 3 is 3.04 bits per heavy atom. The molecule has 3 heterocycles. The van der Waals surface area contributed by atoms with Gasteiger partial charge < -0.3 is 4.74 Å². The Morgan fingerprint density at radius 2 is 2.20 bits per heavy atom. The molecule has 1 N–H and O–H groups in total. The van der Waals surface area contributed by atoms with Crippen molar-refractivity contribution in [2.75, 3.05) is 32.5 Å². The van der Waals surface area contributed by atoms with Gasteiger partial charge in [-0.1, -0.05) is 18.2 Å². The first kappa shape index (κ1) is 16.4. The molecule has 0 spiro atoms. The van der Waals surface area contributed by atoms with Crippen molar-refractivity contribution >= 4 is 15.9 Å². The SMILES string of the molecule is CS(=O)(=O)c1cn[nH]c1[C@H]1CCN(CC2=Cc3ccccc3OC2)C1. The van der Waals surface area contributed by atoms with Gasteiger partial charge in [0.1, 0.15) is 17.3 Å². The van der Waals surface area contributed by atoms with Crippen molar-refractivity contribution < 1.29 is 13.2 Å². The van der Waals surface area contributed by atoms with E-state index in [0.29, 0.717) is 11.5 Å². The Kier molecular flexibility index (Phi) is 4.13. The molecule has 0 amide bonds. The molecule has 132 valence electrons. The van der Waals surface area contributed by atoms with Gasteiger partial charge in [-0.05, 0) is 30.7 Å². The number of rotatable bonds is 4. The van der Waals surface area contributed by atoms with Crippen LogP contribution >= 0.6 is 0 Å². The van der Waals surface area contributed by atoms with Crippen LogP contribution in [0.5, 0.6) is 5.75 Å². The number of hydrogen-bond donors (Lipinski definition) is 1. The normalized spacial score (nSPS) is 20.8. The molecule has 1 fully saturated rings. The summed E-state index contributed by atoms with van der Waals surface area (Å²) in [7, 11) is -3.25. The maximum atomic E-state index is 11.9. The highest BCUT2D eigenvalue weighted by Gasteiger charge is 2.30. The zero-order valence-electron chi connectivity index (χ0n) is 14.1. The number of sulfone groups is 1. The van der Waals surface area contributed by atoms with Crippen LogP contribution < -0.4 is 4.74 Å². The van der Waals surface area contributed by atoms with E-state index in [4.69, 9.17) is 4.74 Å². The largest absolute Gasteiger partial charge is 0.489 e. The molecular formula is C18H21N3O3S. The average Bonchev–Trinajstić information content (AvgIpc) is 3.23. The van der Waals surface area contributed by atoms with Crippen molar-refractivity contribution in [1.82, 2.24) is 15.1 Å². The summed E-state index contributed by atoms with van der Waals surface area (Å²) in [4.78, 5) is 2.68. The minimum Gasteiger partial charge on any atom is -0.489 e. The molecule has 0 saturated carbocycles. The Balaban J connectivity index is 1.46. The van der Waals surface area contributed by atoms with Crippen LogP contribution in [0, 0.1) is 0 Å². The molecule has 0 bridgehead atoms. The Hall–Kier alpha value is -2.12. The summed E-state index contributed by atoms with van der Waals surface area (Å²) < 4.78 is 29.6. The topological polar surface area (TPSA) is 75.3 Å². The molecule has 7 heteroatoms. The molecule has 0 unspecified atom stereocenters. The maximum absolute atomic E-state index is 11.9. The number of aromatic nitrogens is 2. The molecule has 6 nitrogen and oxygen atoms in total. The smallest absolute Gasteiger partial charge is 0.178 e. The summed E-state index contributed by atoms with van der Waals surface area (Å²) >= 11 is 0. The lowest BCUT2D eigenvalue weighted by molar-refractivity contribution is 0.308. The summed E-state index contributed by atoms with van der Waals surface area (Å²) in [6.45, 7) is 3.21. The lowest BCUT2D eigenvalue weighted by atomic mass is 10.1.